The number of hydrogen-bond acceptors (Lipinski definition) is 8. The van der Waals surface area contributed by atoms with Crippen LogP contribution in [-0.4, -0.2) is 39.5 Å². The summed E-state index contributed by atoms with van der Waals surface area (Å²) >= 11 is 0. The first-order valence-electron chi connectivity index (χ1n) is 6.85. The largest absolute Gasteiger partial charge is 0.481 e. The zero-order valence-electron chi connectivity index (χ0n) is 13.1. The molecule has 0 spiro atoms. The van der Waals surface area contributed by atoms with E-state index in [1.54, 1.807) is 6.07 Å². The van der Waals surface area contributed by atoms with Crippen LogP contribution in [0.1, 0.15) is 22.8 Å². The van der Waals surface area contributed by atoms with Crippen LogP contribution in [0.2, 0.25) is 0 Å². The third-order valence-corrected chi connectivity index (χ3v) is 4.72. The van der Waals surface area contributed by atoms with Gasteiger partial charge in [0.2, 0.25) is 22.7 Å². The predicted octanol–water partition coefficient (Wildman–Crippen LogP) is 0.996. The van der Waals surface area contributed by atoms with E-state index in [-0.39, 0.29) is 32.9 Å². The van der Waals surface area contributed by atoms with Gasteiger partial charge >= 0.3 is 5.97 Å². The number of nitrogens with zero attached hydrogens (tertiary/aromatic N) is 2. The monoisotopic (exact) mass is 350 g/mol. The standard InChI is InChI=1S/C15H14N2O6S/c1-15(19)8-5-4-6-9(12(8)13(18)23-15)24(20)14-16-10(21-2)7-11(17-14)22-3/h4-7,19H,1-3H3. The van der Waals surface area contributed by atoms with Crippen molar-refractivity contribution in [1.29, 1.82) is 0 Å². The van der Waals surface area contributed by atoms with Crippen molar-refractivity contribution >= 4 is 16.8 Å². The topological polar surface area (TPSA) is 108 Å². The highest BCUT2D eigenvalue weighted by Crippen LogP contribution is 2.37. The van der Waals surface area contributed by atoms with E-state index < -0.39 is 22.6 Å². The summed E-state index contributed by atoms with van der Waals surface area (Å²) < 4.78 is 27.9. The molecule has 9 heteroatoms. The van der Waals surface area contributed by atoms with Crippen molar-refractivity contribution in [3.8, 4) is 11.8 Å². The molecule has 24 heavy (non-hydrogen) atoms. The van der Waals surface area contributed by atoms with Gasteiger partial charge in [0.1, 0.15) is 10.8 Å². The molecular formula is C15H14N2O6S. The lowest BCUT2D eigenvalue weighted by Gasteiger charge is -2.15. The second-order valence-corrected chi connectivity index (χ2v) is 6.40. The number of methoxy groups -OCH3 is 2. The molecule has 0 saturated carbocycles. The first-order chi connectivity index (χ1) is 11.4. The minimum Gasteiger partial charge on any atom is -0.481 e. The maximum absolute atomic E-state index is 12.9. The molecule has 2 unspecified atom stereocenters. The van der Waals surface area contributed by atoms with Crippen LogP contribution in [0.4, 0.5) is 0 Å². The second-order valence-electron chi connectivity index (χ2n) is 5.06. The smallest absolute Gasteiger partial charge is 0.342 e. The molecule has 1 aromatic heterocycles. The van der Waals surface area contributed by atoms with Crippen LogP contribution in [-0.2, 0) is 21.3 Å². The van der Waals surface area contributed by atoms with Crippen LogP contribution in [0.3, 0.4) is 0 Å². The van der Waals surface area contributed by atoms with Crippen LogP contribution in [0.15, 0.2) is 34.3 Å². The Morgan fingerprint density at radius 3 is 2.42 bits per heavy atom. The average molecular weight is 350 g/mol. The fourth-order valence-corrected chi connectivity index (χ4v) is 3.47. The van der Waals surface area contributed by atoms with Gasteiger partial charge in [-0.05, 0) is 6.07 Å². The molecule has 2 aromatic rings. The molecular weight excluding hydrogens is 336 g/mol. The minimum atomic E-state index is -1.90. The Hall–Kier alpha value is -2.52. The summed E-state index contributed by atoms with van der Waals surface area (Å²) in [6, 6.07) is 6.04. The van der Waals surface area contributed by atoms with Crippen LogP contribution < -0.4 is 9.47 Å². The summed E-state index contributed by atoms with van der Waals surface area (Å²) in [4.78, 5) is 20.3. The Morgan fingerprint density at radius 2 is 1.83 bits per heavy atom. The molecule has 1 aromatic carbocycles. The van der Waals surface area contributed by atoms with Crippen molar-refractivity contribution in [3.05, 3.63) is 35.4 Å². The Labute approximate surface area is 139 Å². The molecule has 0 fully saturated rings. The van der Waals surface area contributed by atoms with Gasteiger partial charge in [-0.3, -0.25) is 0 Å². The molecule has 1 N–H and O–H groups in total. The highest BCUT2D eigenvalue weighted by Gasteiger charge is 2.42. The fraction of sp³-hybridized carbons (Fsp3) is 0.267. The summed E-state index contributed by atoms with van der Waals surface area (Å²) in [5.41, 5.74) is 0.291. The Kier molecular flexibility index (Phi) is 3.98. The van der Waals surface area contributed by atoms with Crippen molar-refractivity contribution in [3.63, 3.8) is 0 Å². The van der Waals surface area contributed by atoms with Crippen molar-refractivity contribution in [2.45, 2.75) is 22.8 Å². The molecule has 0 aliphatic carbocycles. The van der Waals surface area contributed by atoms with Gasteiger partial charge in [0.25, 0.3) is 0 Å². The fourth-order valence-electron chi connectivity index (χ4n) is 2.34. The van der Waals surface area contributed by atoms with Crippen molar-refractivity contribution < 1.29 is 28.3 Å². The van der Waals surface area contributed by atoms with Crippen LogP contribution in [0, 0.1) is 0 Å². The Bertz CT molecular complexity index is 830. The number of benzene rings is 1. The van der Waals surface area contributed by atoms with E-state index in [1.807, 2.05) is 0 Å². The molecule has 3 rings (SSSR count). The van der Waals surface area contributed by atoms with Gasteiger partial charge in [-0.15, -0.1) is 0 Å². The lowest BCUT2D eigenvalue weighted by Crippen LogP contribution is -2.20. The average Bonchev–Trinajstić information content (AvgIpc) is 2.82. The molecule has 1 aliphatic heterocycles. The van der Waals surface area contributed by atoms with Gasteiger partial charge in [0, 0.05) is 12.5 Å². The molecule has 126 valence electrons. The zero-order chi connectivity index (χ0) is 17.5. The molecule has 0 radical (unpaired) electrons. The number of ether oxygens (including phenoxy) is 3. The van der Waals surface area contributed by atoms with E-state index in [4.69, 9.17) is 14.2 Å². The molecule has 8 nitrogen and oxygen atoms in total. The maximum atomic E-state index is 12.9. The van der Waals surface area contributed by atoms with Gasteiger partial charge in [-0.1, -0.05) is 12.1 Å². The number of rotatable bonds is 4. The van der Waals surface area contributed by atoms with E-state index in [0.29, 0.717) is 0 Å². The maximum Gasteiger partial charge on any atom is 0.342 e. The minimum absolute atomic E-state index is 0.0474. The quantitative estimate of drug-likeness (QED) is 0.643. The summed E-state index contributed by atoms with van der Waals surface area (Å²) in [7, 11) is 0.912. The van der Waals surface area contributed by atoms with Gasteiger partial charge in [0.15, 0.2) is 0 Å². The molecule has 0 bridgehead atoms. The van der Waals surface area contributed by atoms with Crippen molar-refractivity contribution in [2.24, 2.45) is 0 Å². The molecule has 1 aliphatic rings. The summed E-state index contributed by atoms with van der Waals surface area (Å²) in [6.45, 7) is 1.34. The van der Waals surface area contributed by atoms with E-state index >= 15 is 0 Å². The van der Waals surface area contributed by atoms with Crippen molar-refractivity contribution in [2.75, 3.05) is 14.2 Å². The molecule has 2 heterocycles. The van der Waals surface area contributed by atoms with E-state index in [2.05, 4.69) is 9.97 Å². The lowest BCUT2D eigenvalue weighted by atomic mass is 10.0. The lowest BCUT2D eigenvalue weighted by molar-refractivity contribution is -0.147. The zero-order valence-corrected chi connectivity index (χ0v) is 13.9. The van der Waals surface area contributed by atoms with E-state index in [0.717, 1.165) is 0 Å². The Morgan fingerprint density at radius 1 is 1.21 bits per heavy atom. The van der Waals surface area contributed by atoms with Gasteiger partial charge in [-0.25, -0.2) is 9.00 Å². The summed E-state index contributed by atoms with van der Waals surface area (Å²) in [6.07, 6.45) is 0. The number of carbonyl (C=O) groups is 1. The summed E-state index contributed by atoms with van der Waals surface area (Å²) in [5.74, 6) is -2.17. The SMILES string of the molecule is COc1cc(OC)nc(S(=O)c2cccc3c2C(=O)OC3(C)O)n1. The van der Waals surface area contributed by atoms with E-state index in [1.165, 1.54) is 39.3 Å². The predicted molar refractivity (Wildman–Crippen MR) is 81.2 cm³/mol. The second kappa shape index (κ2) is 5.84. The molecule has 0 saturated heterocycles. The van der Waals surface area contributed by atoms with Gasteiger partial charge in [-0.2, -0.15) is 9.97 Å². The number of carbonyl (C=O) groups excluding carboxylic acids is 1. The third-order valence-electron chi connectivity index (χ3n) is 3.46. The van der Waals surface area contributed by atoms with Crippen molar-refractivity contribution in [1.82, 2.24) is 9.97 Å². The third kappa shape index (κ3) is 2.61. The number of aromatic nitrogens is 2. The number of cyclic esters (lactones) is 1. The van der Waals surface area contributed by atoms with Crippen LogP contribution in [0.5, 0.6) is 11.8 Å². The Balaban J connectivity index is 2.13. The number of aliphatic hydroxyl groups is 1. The first-order valence-corrected chi connectivity index (χ1v) is 8.00. The summed E-state index contributed by atoms with van der Waals surface area (Å²) in [5, 5.41) is 10.1. The highest BCUT2D eigenvalue weighted by molar-refractivity contribution is 7.85. The molecule has 0 amide bonds. The first kappa shape index (κ1) is 16.3. The molecule has 2 atom stereocenters. The number of hydrogen-bond donors (Lipinski definition) is 1. The number of fused-ring (bicyclic) bond motifs is 1. The normalized spacial score (nSPS) is 20.2. The van der Waals surface area contributed by atoms with Crippen LogP contribution >= 0.6 is 0 Å². The van der Waals surface area contributed by atoms with Gasteiger partial charge < -0.3 is 19.3 Å². The van der Waals surface area contributed by atoms with Gasteiger partial charge in [0.05, 0.1) is 30.7 Å². The highest BCUT2D eigenvalue weighted by atomic mass is 32.2. The number of esters is 1. The van der Waals surface area contributed by atoms with E-state index in [9.17, 15) is 14.1 Å². The van der Waals surface area contributed by atoms with Crippen LogP contribution in [0.25, 0.3) is 0 Å².